The zero-order valence-corrected chi connectivity index (χ0v) is 17.8. The summed E-state index contributed by atoms with van der Waals surface area (Å²) in [5.41, 5.74) is 2.03. The van der Waals surface area contributed by atoms with E-state index in [9.17, 15) is 4.79 Å². The number of amides is 1. The van der Waals surface area contributed by atoms with Gasteiger partial charge in [-0.1, -0.05) is 60.1 Å². The van der Waals surface area contributed by atoms with Crippen LogP contribution < -0.4 is 14.8 Å². The van der Waals surface area contributed by atoms with Crippen molar-refractivity contribution in [2.24, 2.45) is 0 Å². The van der Waals surface area contributed by atoms with Crippen LogP contribution in [0.3, 0.4) is 0 Å². The Morgan fingerprint density at radius 1 is 1.10 bits per heavy atom. The average molecular weight is 422 g/mol. The van der Waals surface area contributed by atoms with Gasteiger partial charge >= 0.3 is 0 Å². The number of fused-ring (bicyclic) bond motifs is 1. The van der Waals surface area contributed by atoms with Crippen molar-refractivity contribution in [3.8, 4) is 11.5 Å². The molecule has 0 bridgehead atoms. The van der Waals surface area contributed by atoms with E-state index in [1.54, 1.807) is 18.2 Å². The average Bonchev–Trinajstić information content (AvgIpc) is 2.72. The van der Waals surface area contributed by atoms with Crippen LogP contribution in [0.15, 0.2) is 72.8 Å². The number of para-hydroxylation sites is 1. The molecular formula is C25H24ClNO3. The minimum Gasteiger partial charge on any atom is -0.488 e. The summed E-state index contributed by atoms with van der Waals surface area (Å²) in [7, 11) is 0. The predicted molar refractivity (Wildman–Crippen MR) is 118 cm³/mol. The van der Waals surface area contributed by atoms with Gasteiger partial charge in [-0.25, -0.2) is 0 Å². The fourth-order valence-corrected chi connectivity index (χ4v) is 3.88. The molecule has 154 valence electrons. The Morgan fingerprint density at radius 3 is 2.63 bits per heavy atom. The summed E-state index contributed by atoms with van der Waals surface area (Å²) < 4.78 is 12.0. The number of hydrogen-bond acceptors (Lipinski definition) is 3. The molecule has 5 heteroatoms. The van der Waals surface area contributed by atoms with Gasteiger partial charge in [0.25, 0.3) is 5.91 Å². The summed E-state index contributed by atoms with van der Waals surface area (Å²) in [5.74, 6) is 1.07. The smallest absolute Gasteiger partial charge is 0.255 e. The molecule has 1 amide bonds. The van der Waals surface area contributed by atoms with Crippen LogP contribution in [0.5, 0.6) is 11.5 Å². The second-order valence-corrected chi connectivity index (χ2v) is 8.48. The van der Waals surface area contributed by atoms with E-state index in [-0.39, 0.29) is 17.6 Å². The van der Waals surface area contributed by atoms with Crippen LogP contribution in [0.4, 0.5) is 0 Å². The van der Waals surface area contributed by atoms with Crippen molar-refractivity contribution in [3.05, 3.63) is 94.5 Å². The lowest BCUT2D eigenvalue weighted by atomic mass is 9.89. The lowest BCUT2D eigenvalue weighted by Gasteiger charge is -2.37. The summed E-state index contributed by atoms with van der Waals surface area (Å²) in [6, 6.07) is 22.6. The molecule has 4 nitrogen and oxygen atoms in total. The van der Waals surface area contributed by atoms with Crippen LogP contribution in [-0.2, 0) is 6.61 Å². The molecule has 4 rings (SSSR count). The SMILES string of the molecule is CC1(C)CC(NC(=O)c2cc(Cl)ccc2OCc2ccccc2)c2ccccc2O1. The fraction of sp³-hybridized carbons (Fsp3) is 0.240. The van der Waals surface area contributed by atoms with E-state index < -0.39 is 0 Å². The lowest BCUT2D eigenvalue weighted by molar-refractivity contribution is 0.0618. The molecule has 1 atom stereocenters. The third-order valence-electron chi connectivity index (χ3n) is 5.11. The molecule has 1 heterocycles. The Morgan fingerprint density at radius 2 is 1.83 bits per heavy atom. The maximum atomic E-state index is 13.2. The first-order valence-corrected chi connectivity index (χ1v) is 10.3. The Bertz CT molecular complexity index is 1050. The van der Waals surface area contributed by atoms with Gasteiger partial charge in [0.2, 0.25) is 0 Å². The van der Waals surface area contributed by atoms with Gasteiger partial charge in [-0.2, -0.15) is 0 Å². The highest BCUT2D eigenvalue weighted by Crippen LogP contribution is 2.39. The largest absolute Gasteiger partial charge is 0.488 e. The molecule has 3 aromatic carbocycles. The molecule has 0 saturated carbocycles. The standard InChI is InChI=1S/C25H24ClNO3/c1-25(2)15-21(19-10-6-7-11-23(19)30-25)27-24(28)20-14-18(26)12-13-22(20)29-16-17-8-4-3-5-9-17/h3-14,21H,15-16H2,1-2H3,(H,27,28). The first-order valence-electron chi connectivity index (χ1n) is 9.96. The van der Waals surface area contributed by atoms with Crippen LogP contribution in [0.2, 0.25) is 5.02 Å². The molecule has 0 fully saturated rings. The van der Waals surface area contributed by atoms with Crippen molar-refractivity contribution in [1.29, 1.82) is 0 Å². The number of ether oxygens (including phenoxy) is 2. The quantitative estimate of drug-likeness (QED) is 0.553. The van der Waals surface area contributed by atoms with Gasteiger partial charge in [-0.05, 0) is 43.7 Å². The maximum absolute atomic E-state index is 13.2. The third kappa shape index (κ3) is 4.60. The summed E-state index contributed by atoms with van der Waals surface area (Å²) >= 11 is 6.19. The molecule has 1 N–H and O–H groups in total. The molecule has 1 unspecified atom stereocenters. The molecule has 0 aromatic heterocycles. The number of carbonyl (C=O) groups is 1. The highest BCUT2D eigenvalue weighted by Gasteiger charge is 2.34. The second-order valence-electron chi connectivity index (χ2n) is 8.04. The van der Waals surface area contributed by atoms with Crippen LogP contribution in [0.1, 0.15) is 47.8 Å². The first-order chi connectivity index (χ1) is 14.4. The molecule has 0 radical (unpaired) electrons. The van der Waals surface area contributed by atoms with Crippen molar-refractivity contribution in [3.63, 3.8) is 0 Å². The Kier molecular flexibility index (Phi) is 5.69. The van der Waals surface area contributed by atoms with E-state index in [1.165, 1.54) is 0 Å². The van der Waals surface area contributed by atoms with Crippen LogP contribution in [-0.4, -0.2) is 11.5 Å². The topological polar surface area (TPSA) is 47.6 Å². The minimum atomic E-state index is -0.382. The monoisotopic (exact) mass is 421 g/mol. The number of carbonyl (C=O) groups excluding carboxylic acids is 1. The second kappa shape index (κ2) is 8.41. The number of rotatable bonds is 5. The zero-order valence-electron chi connectivity index (χ0n) is 17.0. The van der Waals surface area contributed by atoms with E-state index in [0.717, 1.165) is 16.9 Å². The predicted octanol–water partition coefficient (Wildman–Crippen LogP) is 5.95. The molecule has 0 saturated heterocycles. The van der Waals surface area contributed by atoms with Crippen molar-refractivity contribution in [2.75, 3.05) is 0 Å². The lowest BCUT2D eigenvalue weighted by Crippen LogP contribution is -2.41. The highest BCUT2D eigenvalue weighted by atomic mass is 35.5. The van der Waals surface area contributed by atoms with E-state index in [2.05, 4.69) is 5.32 Å². The zero-order chi connectivity index (χ0) is 21.1. The van der Waals surface area contributed by atoms with Crippen molar-refractivity contribution in [2.45, 2.75) is 38.5 Å². The van der Waals surface area contributed by atoms with E-state index in [1.807, 2.05) is 68.4 Å². The Balaban J connectivity index is 1.57. The molecule has 0 spiro atoms. The van der Waals surface area contributed by atoms with Gasteiger partial charge in [0.1, 0.15) is 23.7 Å². The summed E-state index contributed by atoms with van der Waals surface area (Å²) in [5, 5.41) is 3.64. The summed E-state index contributed by atoms with van der Waals surface area (Å²) in [6.07, 6.45) is 0.663. The van der Waals surface area contributed by atoms with E-state index in [0.29, 0.717) is 29.4 Å². The molecule has 3 aromatic rings. The fourth-order valence-electron chi connectivity index (χ4n) is 3.71. The first kappa shape index (κ1) is 20.3. The molecular weight excluding hydrogens is 398 g/mol. The Hall–Kier alpha value is -2.98. The highest BCUT2D eigenvalue weighted by molar-refractivity contribution is 6.31. The third-order valence-corrected chi connectivity index (χ3v) is 5.34. The number of halogens is 1. The Labute approximate surface area is 181 Å². The van der Waals surface area contributed by atoms with Gasteiger partial charge < -0.3 is 14.8 Å². The van der Waals surface area contributed by atoms with Crippen LogP contribution in [0, 0.1) is 0 Å². The molecule has 0 aliphatic carbocycles. The minimum absolute atomic E-state index is 0.168. The maximum Gasteiger partial charge on any atom is 0.255 e. The van der Waals surface area contributed by atoms with Crippen molar-refractivity contribution >= 4 is 17.5 Å². The van der Waals surface area contributed by atoms with Crippen molar-refractivity contribution in [1.82, 2.24) is 5.32 Å². The number of benzene rings is 3. The summed E-state index contributed by atoms with van der Waals surface area (Å²) in [6.45, 7) is 4.42. The van der Waals surface area contributed by atoms with Crippen LogP contribution >= 0.6 is 11.6 Å². The normalized spacial score (nSPS) is 16.8. The van der Waals surface area contributed by atoms with E-state index in [4.69, 9.17) is 21.1 Å². The summed E-state index contributed by atoms with van der Waals surface area (Å²) in [4.78, 5) is 13.2. The van der Waals surface area contributed by atoms with Gasteiger partial charge in [0, 0.05) is 17.0 Å². The van der Waals surface area contributed by atoms with Gasteiger partial charge in [-0.15, -0.1) is 0 Å². The molecule has 1 aliphatic heterocycles. The van der Waals surface area contributed by atoms with Crippen LogP contribution in [0.25, 0.3) is 0 Å². The van der Waals surface area contributed by atoms with Crippen molar-refractivity contribution < 1.29 is 14.3 Å². The molecule has 30 heavy (non-hydrogen) atoms. The van der Waals surface area contributed by atoms with Gasteiger partial charge in [-0.3, -0.25) is 4.79 Å². The van der Waals surface area contributed by atoms with Gasteiger partial charge in [0.05, 0.1) is 11.6 Å². The molecule has 1 aliphatic rings. The van der Waals surface area contributed by atoms with Gasteiger partial charge in [0.15, 0.2) is 0 Å². The number of nitrogens with one attached hydrogen (secondary N) is 1. The van der Waals surface area contributed by atoms with E-state index >= 15 is 0 Å². The number of hydrogen-bond donors (Lipinski definition) is 1.